The molecule has 14 nitrogen and oxygen atoms in total. The normalized spacial score (nSPS) is 14.7. The summed E-state index contributed by atoms with van der Waals surface area (Å²) in [6, 6.07) is 16.6. The number of nitrogens with one attached hydrogen (secondary N) is 2. The molecule has 0 unspecified atom stereocenters. The van der Waals surface area contributed by atoms with Crippen molar-refractivity contribution in [2.24, 2.45) is 0 Å². The van der Waals surface area contributed by atoms with Gasteiger partial charge in [0.15, 0.2) is 0 Å². The zero-order valence-electron chi connectivity index (χ0n) is 33.3. The Morgan fingerprint density at radius 2 is 0.964 bits per heavy atom. The zero-order chi connectivity index (χ0) is 41.1. The first-order valence-electron chi connectivity index (χ1n) is 18.7. The lowest BCUT2D eigenvalue weighted by Crippen LogP contribution is -2.53. The number of hydrogen-bond donors (Lipinski definition) is 2. The van der Waals surface area contributed by atoms with Gasteiger partial charge >= 0.3 is 24.1 Å². The predicted octanol–water partition coefficient (Wildman–Crippen LogP) is 4.91. The quantitative estimate of drug-likeness (QED) is 0.0919. The molecule has 4 amide bonds. The maximum Gasteiger partial charge on any atom is 0.408 e. The molecule has 1 saturated heterocycles. The van der Waals surface area contributed by atoms with Gasteiger partial charge in [-0.3, -0.25) is 9.59 Å². The van der Waals surface area contributed by atoms with Crippen LogP contribution in [0.3, 0.4) is 0 Å². The molecule has 14 heteroatoms. The smallest absolute Gasteiger partial charge is 0.408 e. The Morgan fingerprint density at radius 3 is 1.30 bits per heavy atom. The molecular weight excluding hydrogens is 720 g/mol. The van der Waals surface area contributed by atoms with Crippen molar-refractivity contribution < 1.29 is 47.7 Å². The number of amides is 4. The van der Waals surface area contributed by atoms with Gasteiger partial charge in [0.1, 0.15) is 36.4 Å². The van der Waals surface area contributed by atoms with E-state index < -0.39 is 47.4 Å². The maximum atomic E-state index is 12.9. The van der Waals surface area contributed by atoms with Crippen molar-refractivity contribution in [1.82, 2.24) is 20.4 Å². The van der Waals surface area contributed by atoms with Crippen LogP contribution < -0.4 is 10.6 Å². The van der Waals surface area contributed by atoms with Crippen LogP contribution in [0.2, 0.25) is 0 Å². The molecule has 2 N–H and O–H groups in total. The van der Waals surface area contributed by atoms with Gasteiger partial charge in [-0.2, -0.15) is 0 Å². The van der Waals surface area contributed by atoms with Crippen LogP contribution in [-0.4, -0.2) is 108 Å². The Kier molecular flexibility index (Phi) is 17.6. The van der Waals surface area contributed by atoms with Crippen LogP contribution in [0, 0.1) is 0 Å². The van der Waals surface area contributed by atoms with E-state index in [9.17, 15) is 28.8 Å². The van der Waals surface area contributed by atoms with E-state index in [0.29, 0.717) is 12.8 Å². The summed E-state index contributed by atoms with van der Waals surface area (Å²) >= 11 is 0. The van der Waals surface area contributed by atoms with Crippen LogP contribution in [-0.2, 0) is 51.0 Å². The molecule has 0 saturated carbocycles. The second kappa shape index (κ2) is 22.0. The highest BCUT2D eigenvalue weighted by atomic mass is 16.6. The summed E-state index contributed by atoms with van der Waals surface area (Å²) in [5, 5.41) is 5.21. The summed E-state index contributed by atoms with van der Waals surface area (Å²) in [4.78, 5) is 79.0. The first-order chi connectivity index (χ1) is 26.5. The second-order valence-corrected chi connectivity index (χ2v) is 15.2. The third-order valence-electron chi connectivity index (χ3n) is 7.92. The standard InChI is InChI=1S/C42H56N4O10/c1-41(2,3)55-39(51)43-33(27-31-19-11-7-12-20-31)37(49)53-25-17-9-15-23-45-29-36(48)46(30-35(45)47)24-16-10-18-26-54-38(50)34(28-32-21-13-8-14-22-32)44-40(52)56-42(4,5)6/h7-16,19-22,33-34H,17-18,23-30H2,1-6H3,(H,43,51)(H,44,52)/b15-9+,16-10+/t33-,34-/m0/s1. The van der Waals surface area contributed by atoms with Crippen molar-refractivity contribution in [2.45, 2.75) is 90.5 Å². The number of carbonyl (C=O) groups is 6. The minimum absolute atomic E-state index is 0.0556. The van der Waals surface area contributed by atoms with Crippen LogP contribution in [0.1, 0.15) is 65.5 Å². The lowest BCUT2D eigenvalue weighted by atomic mass is 10.1. The molecule has 1 heterocycles. The van der Waals surface area contributed by atoms with E-state index in [1.165, 1.54) is 9.80 Å². The molecule has 0 bridgehead atoms. The molecule has 2 aromatic rings. The van der Waals surface area contributed by atoms with E-state index in [2.05, 4.69) is 10.6 Å². The predicted molar refractivity (Wildman–Crippen MR) is 209 cm³/mol. The monoisotopic (exact) mass is 776 g/mol. The minimum atomic E-state index is -0.943. The molecule has 1 aliphatic rings. The molecule has 0 aliphatic carbocycles. The molecule has 0 radical (unpaired) electrons. The summed E-state index contributed by atoms with van der Waals surface area (Å²) in [5.41, 5.74) is 0.233. The first-order valence-corrected chi connectivity index (χ1v) is 18.7. The Balaban J connectivity index is 1.38. The largest absolute Gasteiger partial charge is 0.464 e. The van der Waals surface area contributed by atoms with E-state index in [0.717, 1.165) is 11.1 Å². The Labute approximate surface area is 329 Å². The topological polar surface area (TPSA) is 170 Å². The summed E-state index contributed by atoms with van der Waals surface area (Å²) in [6.07, 6.45) is 6.76. The van der Waals surface area contributed by atoms with E-state index in [1.807, 2.05) is 60.7 Å². The number of ether oxygens (including phenoxy) is 4. The van der Waals surface area contributed by atoms with Gasteiger partial charge in [-0.05, 0) is 65.5 Å². The Hall–Kier alpha value is -5.66. The number of hydrogen-bond acceptors (Lipinski definition) is 10. The van der Waals surface area contributed by atoms with E-state index in [1.54, 1.807) is 65.8 Å². The first kappa shape index (κ1) is 44.7. The van der Waals surface area contributed by atoms with Crippen molar-refractivity contribution in [3.63, 3.8) is 0 Å². The molecule has 0 spiro atoms. The van der Waals surface area contributed by atoms with Gasteiger partial charge in [0.05, 0.1) is 13.2 Å². The molecule has 2 atom stereocenters. The van der Waals surface area contributed by atoms with Crippen molar-refractivity contribution >= 4 is 35.9 Å². The molecule has 56 heavy (non-hydrogen) atoms. The number of piperazine rings is 1. The van der Waals surface area contributed by atoms with E-state index >= 15 is 0 Å². The van der Waals surface area contributed by atoms with Crippen molar-refractivity contribution in [3.05, 3.63) is 96.1 Å². The SMILES string of the molecule is CC(C)(C)OC(=O)N[C@@H](Cc1ccccc1)C(=O)OCC/C=C/CN1CC(=O)N(C/C=C/CCOC(=O)[C@H](Cc2ccccc2)NC(=O)OC(C)(C)C)CC1=O. The van der Waals surface area contributed by atoms with Gasteiger partial charge in [0, 0.05) is 25.9 Å². The van der Waals surface area contributed by atoms with Crippen molar-refractivity contribution in [3.8, 4) is 0 Å². The molecule has 1 aliphatic heterocycles. The van der Waals surface area contributed by atoms with Gasteiger partial charge in [-0.15, -0.1) is 0 Å². The number of esters is 2. The summed E-state index contributed by atoms with van der Waals surface area (Å²) in [5.74, 6) is -1.61. The Morgan fingerprint density at radius 1 is 0.607 bits per heavy atom. The third kappa shape index (κ3) is 17.7. The zero-order valence-corrected chi connectivity index (χ0v) is 33.3. The molecule has 1 fully saturated rings. The molecule has 3 rings (SSSR count). The van der Waals surface area contributed by atoms with E-state index in [-0.39, 0.29) is 64.0 Å². The minimum Gasteiger partial charge on any atom is -0.464 e. The van der Waals surface area contributed by atoms with Gasteiger partial charge in [0.2, 0.25) is 11.8 Å². The highest BCUT2D eigenvalue weighted by Crippen LogP contribution is 2.12. The van der Waals surface area contributed by atoms with E-state index in [4.69, 9.17) is 18.9 Å². The van der Waals surface area contributed by atoms with Gasteiger partial charge in [-0.25, -0.2) is 19.2 Å². The molecule has 2 aromatic carbocycles. The third-order valence-corrected chi connectivity index (χ3v) is 7.92. The number of nitrogens with zero attached hydrogens (tertiary/aromatic N) is 2. The average Bonchev–Trinajstić information content (AvgIpc) is 3.11. The summed E-state index contributed by atoms with van der Waals surface area (Å²) in [7, 11) is 0. The van der Waals surface area contributed by atoms with Crippen LogP contribution >= 0.6 is 0 Å². The summed E-state index contributed by atoms with van der Waals surface area (Å²) in [6.45, 7) is 10.8. The molecule has 0 aromatic heterocycles. The molecule has 304 valence electrons. The van der Waals surface area contributed by atoms with Crippen LogP contribution in [0.5, 0.6) is 0 Å². The highest BCUT2D eigenvalue weighted by molar-refractivity contribution is 5.92. The van der Waals surface area contributed by atoms with Gasteiger partial charge in [-0.1, -0.05) is 85.0 Å². The number of benzene rings is 2. The fourth-order valence-corrected chi connectivity index (χ4v) is 5.32. The lowest BCUT2D eigenvalue weighted by Gasteiger charge is -2.32. The lowest BCUT2D eigenvalue weighted by molar-refractivity contribution is -0.149. The highest BCUT2D eigenvalue weighted by Gasteiger charge is 2.29. The van der Waals surface area contributed by atoms with Crippen LogP contribution in [0.25, 0.3) is 0 Å². The summed E-state index contributed by atoms with van der Waals surface area (Å²) < 4.78 is 21.5. The van der Waals surface area contributed by atoms with Crippen molar-refractivity contribution in [1.29, 1.82) is 0 Å². The fraction of sp³-hybridized carbons (Fsp3) is 0.476. The number of carbonyl (C=O) groups excluding carboxylic acids is 6. The van der Waals surface area contributed by atoms with Gasteiger partial charge in [0.25, 0.3) is 0 Å². The maximum absolute atomic E-state index is 12.9. The fourth-order valence-electron chi connectivity index (χ4n) is 5.32. The number of alkyl carbamates (subject to hydrolysis) is 2. The van der Waals surface area contributed by atoms with Crippen LogP contribution in [0.15, 0.2) is 85.0 Å². The van der Waals surface area contributed by atoms with Gasteiger partial charge < -0.3 is 39.4 Å². The van der Waals surface area contributed by atoms with Crippen molar-refractivity contribution in [2.75, 3.05) is 39.4 Å². The molecular formula is C42H56N4O10. The van der Waals surface area contributed by atoms with Crippen LogP contribution in [0.4, 0.5) is 9.59 Å². The Bertz CT molecular complexity index is 1540. The second-order valence-electron chi connectivity index (χ2n) is 15.2. The average molecular weight is 777 g/mol. The number of rotatable bonds is 18.